The van der Waals surface area contributed by atoms with Crippen molar-refractivity contribution in [2.75, 3.05) is 18.4 Å². The van der Waals surface area contributed by atoms with Crippen LogP contribution in [-0.4, -0.2) is 39.5 Å². The summed E-state index contributed by atoms with van der Waals surface area (Å²) >= 11 is 0. The largest absolute Gasteiger partial charge is 0.327 e. The molecular formula is C23H23N5O. The molecule has 1 aromatic heterocycles. The minimum Gasteiger partial charge on any atom is -0.327 e. The maximum absolute atomic E-state index is 12.7. The first kappa shape index (κ1) is 17.9. The maximum atomic E-state index is 12.7. The van der Waals surface area contributed by atoms with Gasteiger partial charge in [0, 0.05) is 43.3 Å². The van der Waals surface area contributed by atoms with Gasteiger partial charge in [-0.15, -0.1) is 0 Å². The lowest BCUT2D eigenvalue weighted by atomic mass is 9.91. The molecule has 1 aliphatic carbocycles. The van der Waals surface area contributed by atoms with Crippen molar-refractivity contribution in [1.82, 2.24) is 14.5 Å². The highest BCUT2D eigenvalue weighted by atomic mass is 16.1. The summed E-state index contributed by atoms with van der Waals surface area (Å²) in [4.78, 5) is 20.1. The summed E-state index contributed by atoms with van der Waals surface area (Å²) in [6.45, 7) is 3.10. The van der Waals surface area contributed by atoms with Crippen molar-refractivity contribution in [1.29, 1.82) is 5.26 Å². The molecule has 6 nitrogen and oxygen atoms in total. The Balaban J connectivity index is 1.35. The Labute approximate surface area is 169 Å². The molecule has 29 heavy (non-hydrogen) atoms. The highest BCUT2D eigenvalue weighted by Crippen LogP contribution is 2.27. The monoisotopic (exact) mass is 385 g/mol. The van der Waals surface area contributed by atoms with Gasteiger partial charge >= 0.3 is 0 Å². The molecule has 0 radical (unpaired) electrons. The van der Waals surface area contributed by atoms with Gasteiger partial charge in [0.15, 0.2) is 0 Å². The van der Waals surface area contributed by atoms with Crippen molar-refractivity contribution in [2.24, 2.45) is 0 Å². The van der Waals surface area contributed by atoms with Crippen LogP contribution in [0.5, 0.6) is 0 Å². The number of fused-ring (bicyclic) bond motifs is 3. The molecule has 2 heterocycles. The molecule has 0 spiro atoms. The molecule has 1 aliphatic heterocycles. The molecule has 2 aromatic carbocycles. The first-order valence-corrected chi connectivity index (χ1v) is 10.3. The molecule has 146 valence electrons. The number of hydrogen-bond donors (Lipinski definition) is 1. The number of carbonyl (C=O) groups excluding carboxylic acids is 1. The topological polar surface area (TPSA) is 74.0 Å². The number of hydrogen-bond acceptors (Lipinski definition) is 4. The summed E-state index contributed by atoms with van der Waals surface area (Å²) < 4.78 is 2.32. The second-order valence-corrected chi connectivity index (χ2v) is 7.90. The molecule has 2 aliphatic rings. The molecule has 1 amide bonds. The first-order chi connectivity index (χ1) is 14.2. The Morgan fingerprint density at radius 2 is 1.93 bits per heavy atom. The Kier molecular flexibility index (Phi) is 4.53. The van der Waals surface area contributed by atoms with Crippen molar-refractivity contribution in [3.8, 4) is 6.07 Å². The highest BCUT2D eigenvalue weighted by molar-refractivity contribution is 6.06. The molecule has 5 rings (SSSR count). The Hall–Kier alpha value is -3.17. The number of benzene rings is 2. The zero-order valence-electron chi connectivity index (χ0n) is 16.3. The molecule has 0 bridgehead atoms. The van der Waals surface area contributed by atoms with Crippen LogP contribution in [0.15, 0.2) is 42.5 Å². The molecule has 6 heteroatoms. The van der Waals surface area contributed by atoms with Crippen LogP contribution in [0.25, 0.3) is 11.0 Å². The van der Waals surface area contributed by atoms with Gasteiger partial charge in [-0.3, -0.25) is 9.69 Å². The number of rotatable bonds is 3. The average Bonchev–Trinajstić information content (AvgIpc) is 2.93. The minimum atomic E-state index is -0.170. The summed E-state index contributed by atoms with van der Waals surface area (Å²) in [7, 11) is 0. The van der Waals surface area contributed by atoms with Gasteiger partial charge < -0.3 is 9.88 Å². The lowest BCUT2D eigenvalue weighted by Gasteiger charge is -2.36. The fraction of sp³-hybridized carbons (Fsp3) is 0.348. The second kappa shape index (κ2) is 7.34. The van der Waals surface area contributed by atoms with Gasteiger partial charge in [-0.25, -0.2) is 4.98 Å². The van der Waals surface area contributed by atoms with Crippen LogP contribution < -0.4 is 5.32 Å². The molecular weight excluding hydrogens is 362 g/mol. The molecule has 1 saturated carbocycles. The lowest BCUT2D eigenvalue weighted by molar-refractivity contribution is 0.102. The summed E-state index contributed by atoms with van der Waals surface area (Å²) in [6.07, 6.45) is 4.99. The predicted octanol–water partition coefficient (Wildman–Crippen LogP) is 3.57. The number of amides is 1. The summed E-state index contributed by atoms with van der Waals surface area (Å²) in [5, 5.41) is 11.8. The van der Waals surface area contributed by atoms with Gasteiger partial charge in [0.1, 0.15) is 5.82 Å². The fourth-order valence-electron chi connectivity index (χ4n) is 4.29. The van der Waals surface area contributed by atoms with E-state index in [0.29, 0.717) is 16.8 Å². The predicted molar refractivity (Wildman–Crippen MR) is 112 cm³/mol. The Bertz CT molecular complexity index is 1100. The number of carbonyl (C=O) groups is 1. The van der Waals surface area contributed by atoms with E-state index in [9.17, 15) is 4.79 Å². The standard InChI is InChI=1S/C23H23N5O/c24-15-16-4-7-18(8-5-16)25-23(29)17-6-9-21-20(14-17)26-22-10-11-27(12-13-28(21)22)19-2-1-3-19/h4-9,14,19H,1-3,10-13H2,(H,25,29). The van der Waals surface area contributed by atoms with Gasteiger partial charge in [0.25, 0.3) is 5.91 Å². The lowest BCUT2D eigenvalue weighted by Crippen LogP contribution is -2.41. The van der Waals surface area contributed by atoms with E-state index in [0.717, 1.165) is 49.0 Å². The number of aromatic nitrogens is 2. The summed E-state index contributed by atoms with van der Waals surface area (Å²) in [5.41, 5.74) is 3.81. The van der Waals surface area contributed by atoms with E-state index in [1.165, 1.54) is 19.3 Å². The zero-order chi connectivity index (χ0) is 19.8. The van der Waals surface area contributed by atoms with E-state index in [1.54, 1.807) is 24.3 Å². The van der Waals surface area contributed by atoms with E-state index in [2.05, 4.69) is 20.9 Å². The molecule has 1 fully saturated rings. The normalized spacial score (nSPS) is 17.2. The van der Waals surface area contributed by atoms with Crippen LogP contribution >= 0.6 is 0 Å². The van der Waals surface area contributed by atoms with E-state index < -0.39 is 0 Å². The first-order valence-electron chi connectivity index (χ1n) is 10.3. The van der Waals surface area contributed by atoms with E-state index in [-0.39, 0.29) is 5.91 Å². The van der Waals surface area contributed by atoms with Gasteiger partial charge in [0.05, 0.1) is 22.7 Å². The van der Waals surface area contributed by atoms with Crippen LogP contribution in [0.1, 0.15) is 41.0 Å². The van der Waals surface area contributed by atoms with Crippen molar-refractivity contribution in [3.63, 3.8) is 0 Å². The summed E-state index contributed by atoms with van der Waals surface area (Å²) in [5.74, 6) is 0.947. The van der Waals surface area contributed by atoms with Crippen molar-refractivity contribution in [2.45, 2.75) is 38.3 Å². The van der Waals surface area contributed by atoms with Crippen LogP contribution in [0.2, 0.25) is 0 Å². The van der Waals surface area contributed by atoms with E-state index >= 15 is 0 Å². The van der Waals surface area contributed by atoms with Crippen molar-refractivity contribution in [3.05, 3.63) is 59.4 Å². The zero-order valence-corrected chi connectivity index (χ0v) is 16.3. The molecule has 0 unspecified atom stereocenters. The molecule has 1 N–H and O–H groups in total. The third-order valence-electron chi connectivity index (χ3n) is 6.19. The minimum absolute atomic E-state index is 0.170. The quantitative estimate of drug-likeness (QED) is 0.748. The molecule has 0 saturated heterocycles. The Morgan fingerprint density at radius 1 is 1.10 bits per heavy atom. The van der Waals surface area contributed by atoms with Crippen LogP contribution in [-0.2, 0) is 13.0 Å². The Morgan fingerprint density at radius 3 is 2.66 bits per heavy atom. The summed E-state index contributed by atoms with van der Waals surface area (Å²) in [6, 6.07) is 15.5. The smallest absolute Gasteiger partial charge is 0.255 e. The highest BCUT2D eigenvalue weighted by Gasteiger charge is 2.27. The average molecular weight is 385 g/mol. The van der Waals surface area contributed by atoms with Crippen molar-refractivity contribution >= 4 is 22.6 Å². The van der Waals surface area contributed by atoms with Gasteiger partial charge in [0.2, 0.25) is 0 Å². The van der Waals surface area contributed by atoms with Crippen molar-refractivity contribution < 1.29 is 4.79 Å². The number of anilines is 1. The van der Waals surface area contributed by atoms with E-state index in [4.69, 9.17) is 10.2 Å². The van der Waals surface area contributed by atoms with E-state index in [1.807, 2.05) is 18.2 Å². The number of imidazole rings is 1. The fourth-order valence-corrected chi connectivity index (χ4v) is 4.29. The SMILES string of the molecule is N#Cc1ccc(NC(=O)c2ccc3c(c2)nc2n3CCN(C3CCC3)CC2)cc1. The van der Waals surface area contributed by atoms with Crippen LogP contribution in [0, 0.1) is 11.3 Å². The third kappa shape index (κ3) is 3.39. The van der Waals surface area contributed by atoms with Gasteiger partial charge in [-0.1, -0.05) is 6.42 Å². The van der Waals surface area contributed by atoms with Gasteiger partial charge in [-0.2, -0.15) is 5.26 Å². The van der Waals surface area contributed by atoms with Crippen LogP contribution in [0.4, 0.5) is 5.69 Å². The number of nitriles is 1. The third-order valence-corrected chi connectivity index (χ3v) is 6.19. The molecule has 0 atom stereocenters. The molecule has 3 aromatic rings. The van der Waals surface area contributed by atoms with Crippen LogP contribution in [0.3, 0.4) is 0 Å². The number of nitrogens with zero attached hydrogens (tertiary/aromatic N) is 4. The maximum Gasteiger partial charge on any atom is 0.255 e. The number of nitrogens with one attached hydrogen (secondary N) is 1. The second-order valence-electron chi connectivity index (χ2n) is 7.90. The van der Waals surface area contributed by atoms with Gasteiger partial charge in [-0.05, 0) is 55.3 Å².